The van der Waals surface area contributed by atoms with Crippen molar-refractivity contribution in [1.82, 2.24) is 5.32 Å². The van der Waals surface area contributed by atoms with Gasteiger partial charge in [-0.05, 0) is 18.8 Å². The van der Waals surface area contributed by atoms with Crippen molar-refractivity contribution >= 4 is 16.9 Å². The van der Waals surface area contributed by atoms with Crippen molar-refractivity contribution in [2.45, 2.75) is 38.5 Å². The van der Waals surface area contributed by atoms with Gasteiger partial charge in [0.25, 0.3) is 0 Å². The number of nitrogens with zero attached hydrogens (tertiary/aromatic N) is 1. The van der Waals surface area contributed by atoms with Crippen LogP contribution in [-0.4, -0.2) is 24.0 Å². The largest absolute Gasteiger partial charge is 0.363 e. The molecule has 0 aromatic heterocycles. The highest BCUT2D eigenvalue weighted by molar-refractivity contribution is 8.13. The third-order valence-electron chi connectivity index (χ3n) is 3.27. The summed E-state index contributed by atoms with van der Waals surface area (Å²) in [4.78, 5) is 4.37. The van der Waals surface area contributed by atoms with E-state index < -0.39 is 0 Å². The number of amidine groups is 1. The molecule has 90 valence electrons. The average molecular weight is 238 g/mol. The zero-order chi connectivity index (χ0) is 11.1. The quantitative estimate of drug-likeness (QED) is 0.603. The van der Waals surface area contributed by atoms with Crippen LogP contribution in [0.25, 0.3) is 0 Å². The first-order chi connectivity index (χ1) is 7.95. The van der Waals surface area contributed by atoms with Gasteiger partial charge in [0, 0.05) is 12.3 Å². The average Bonchev–Trinajstić information content (AvgIpc) is 2.68. The van der Waals surface area contributed by atoms with E-state index in [0.29, 0.717) is 0 Å². The second-order valence-electron chi connectivity index (χ2n) is 4.60. The molecule has 0 aromatic rings. The number of allylic oxidation sites excluding steroid dienone is 1. The molecule has 2 aliphatic rings. The highest BCUT2D eigenvalue weighted by Crippen LogP contribution is 2.23. The van der Waals surface area contributed by atoms with E-state index in [0.717, 1.165) is 29.9 Å². The van der Waals surface area contributed by atoms with E-state index in [2.05, 4.69) is 22.5 Å². The van der Waals surface area contributed by atoms with Crippen LogP contribution in [0.2, 0.25) is 0 Å². The molecule has 16 heavy (non-hydrogen) atoms. The molecule has 1 aliphatic heterocycles. The fourth-order valence-corrected chi connectivity index (χ4v) is 3.10. The molecule has 2 rings (SSSR count). The molecule has 0 saturated heterocycles. The van der Waals surface area contributed by atoms with Crippen LogP contribution in [0.1, 0.15) is 38.5 Å². The fourth-order valence-electron chi connectivity index (χ4n) is 2.35. The molecule has 2 nitrogen and oxygen atoms in total. The minimum atomic E-state index is 0.849. The summed E-state index contributed by atoms with van der Waals surface area (Å²) in [5.74, 6) is 1.92. The summed E-state index contributed by atoms with van der Waals surface area (Å²) in [6.07, 6.45) is 13.3. The minimum Gasteiger partial charge on any atom is -0.363 e. The van der Waals surface area contributed by atoms with Crippen molar-refractivity contribution < 1.29 is 0 Å². The van der Waals surface area contributed by atoms with Crippen molar-refractivity contribution in [2.75, 3.05) is 18.8 Å². The summed E-state index contributed by atoms with van der Waals surface area (Å²) < 4.78 is 0. The fraction of sp³-hybridized carbons (Fsp3) is 0.769. The van der Waals surface area contributed by atoms with Gasteiger partial charge in [-0.25, -0.2) is 0 Å². The molecule has 0 unspecified atom stereocenters. The summed E-state index contributed by atoms with van der Waals surface area (Å²) in [6.45, 7) is 1.98. The third kappa shape index (κ3) is 4.20. The number of nitrogens with one attached hydrogen (secondary N) is 1. The molecule has 1 heterocycles. The first kappa shape index (κ1) is 12.0. The van der Waals surface area contributed by atoms with Crippen molar-refractivity contribution in [1.29, 1.82) is 0 Å². The predicted molar refractivity (Wildman–Crippen MR) is 73.1 cm³/mol. The Balaban J connectivity index is 1.63. The van der Waals surface area contributed by atoms with Gasteiger partial charge in [0.05, 0.1) is 6.54 Å². The van der Waals surface area contributed by atoms with Crippen molar-refractivity contribution in [3.05, 3.63) is 12.2 Å². The van der Waals surface area contributed by atoms with Gasteiger partial charge in [0.2, 0.25) is 0 Å². The molecule has 0 bridgehead atoms. The zero-order valence-electron chi connectivity index (χ0n) is 9.95. The summed E-state index contributed by atoms with van der Waals surface area (Å²) in [5.41, 5.74) is 0. The summed E-state index contributed by atoms with van der Waals surface area (Å²) >= 11 is 1.83. The SMILES string of the molecule is C(=C\C1CCCCCC1)/CSC1=NCCN1. The maximum atomic E-state index is 4.37. The van der Waals surface area contributed by atoms with Gasteiger partial charge in [-0.1, -0.05) is 49.6 Å². The summed E-state index contributed by atoms with van der Waals surface area (Å²) in [6, 6.07) is 0. The lowest BCUT2D eigenvalue weighted by Gasteiger charge is -2.07. The molecule has 0 aromatic carbocycles. The van der Waals surface area contributed by atoms with Gasteiger partial charge in [0.15, 0.2) is 5.17 Å². The van der Waals surface area contributed by atoms with Gasteiger partial charge < -0.3 is 5.32 Å². The Labute approximate surface area is 103 Å². The number of rotatable bonds is 3. The van der Waals surface area contributed by atoms with Crippen LogP contribution >= 0.6 is 11.8 Å². The Kier molecular flexibility index (Phi) is 5.26. The van der Waals surface area contributed by atoms with E-state index >= 15 is 0 Å². The van der Waals surface area contributed by atoms with E-state index in [1.807, 2.05) is 11.8 Å². The molecule has 0 spiro atoms. The molecule has 1 saturated carbocycles. The van der Waals surface area contributed by atoms with Crippen LogP contribution < -0.4 is 5.32 Å². The molecule has 1 N–H and O–H groups in total. The lowest BCUT2D eigenvalue weighted by molar-refractivity contribution is 0.559. The van der Waals surface area contributed by atoms with Crippen LogP contribution in [0.4, 0.5) is 0 Å². The Morgan fingerprint density at radius 2 is 2.06 bits per heavy atom. The van der Waals surface area contributed by atoms with Crippen LogP contribution in [0, 0.1) is 5.92 Å². The first-order valence-corrected chi connectivity index (χ1v) is 7.51. The number of aliphatic imine (C=N–C) groups is 1. The maximum absolute atomic E-state index is 4.37. The normalized spacial score (nSPS) is 23.1. The third-order valence-corrected chi connectivity index (χ3v) is 4.17. The first-order valence-electron chi connectivity index (χ1n) is 6.53. The highest BCUT2D eigenvalue weighted by atomic mass is 32.2. The van der Waals surface area contributed by atoms with Gasteiger partial charge >= 0.3 is 0 Å². The monoisotopic (exact) mass is 238 g/mol. The van der Waals surface area contributed by atoms with Crippen molar-refractivity contribution in [3.8, 4) is 0 Å². The smallest absolute Gasteiger partial charge is 0.156 e. The molecular formula is C13H22N2S. The standard InChI is InChI=1S/C13H22N2S/c1-2-4-7-12(6-3-1)8-5-11-16-13-14-9-10-15-13/h5,8,12H,1-4,6-7,9-11H2,(H,14,15)/b8-5+. The van der Waals surface area contributed by atoms with Gasteiger partial charge in [-0.15, -0.1) is 0 Å². The van der Waals surface area contributed by atoms with Crippen LogP contribution in [0.15, 0.2) is 17.1 Å². The molecule has 1 fully saturated rings. The molecular weight excluding hydrogens is 216 g/mol. The van der Waals surface area contributed by atoms with Crippen LogP contribution in [-0.2, 0) is 0 Å². The maximum Gasteiger partial charge on any atom is 0.156 e. The van der Waals surface area contributed by atoms with Crippen LogP contribution in [0.3, 0.4) is 0 Å². The second kappa shape index (κ2) is 7.00. The van der Waals surface area contributed by atoms with Crippen molar-refractivity contribution in [3.63, 3.8) is 0 Å². The molecule has 3 heteroatoms. The Hall–Kier alpha value is -0.440. The molecule has 1 aliphatic carbocycles. The van der Waals surface area contributed by atoms with E-state index in [-0.39, 0.29) is 0 Å². The van der Waals surface area contributed by atoms with E-state index in [9.17, 15) is 0 Å². The predicted octanol–water partition coefficient (Wildman–Crippen LogP) is 3.21. The van der Waals surface area contributed by atoms with Gasteiger partial charge in [-0.2, -0.15) is 0 Å². The Bertz CT molecular complexity index is 253. The van der Waals surface area contributed by atoms with E-state index in [4.69, 9.17) is 0 Å². The van der Waals surface area contributed by atoms with E-state index in [1.54, 1.807) is 0 Å². The summed E-state index contributed by atoms with van der Waals surface area (Å²) in [7, 11) is 0. The lowest BCUT2D eigenvalue weighted by Crippen LogP contribution is -2.15. The molecule has 0 amide bonds. The molecule has 0 atom stereocenters. The Morgan fingerprint density at radius 3 is 2.75 bits per heavy atom. The summed E-state index contributed by atoms with van der Waals surface area (Å²) in [5, 5.41) is 4.41. The van der Waals surface area contributed by atoms with Crippen molar-refractivity contribution in [2.24, 2.45) is 10.9 Å². The number of hydrogen-bond donors (Lipinski definition) is 1. The minimum absolute atomic E-state index is 0.849. The van der Waals surface area contributed by atoms with Gasteiger partial charge in [0.1, 0.15) is 0 Å². The topological polar surface area (TPSA) is 24.4 Å². The zero-order valence-corrected chi connectivity index (χ0v) is 10.8. The van der Waals surface area contributed by atoms with E-state index in [1.165, 1.54) is 38.5 Å². The van der Waals surface area contributed by atoms with Gasteiger partial charge in [-0.3, -0.25) is 4.99 Å². The second-order valence-corrected chi connectivity index (χ2v) is 5.61. The highest BCUT2D eigenvalue weighted by Gasteiger charge is 2.08. The number of hydrogen-bond acceptors (Lipinski definition) is 3. The lowest BCUT2D eigenvalue weighted by atomic mass is 10.0. The number of thioether (sulfide) groups is 1. The molecule has 0 radical (unpaired) electrons. The van der Waals surface area contributed by atoms with Crippen LogP contribution in [0.5, 0.6) is 0 Å². The Morgan fingerprint density at radius 1 is 1.25 bits per heavy atom.